The zero-order valence-electron chi connectivity index (χ0n) is 18.5. The summed E-state index contributed by atoms with van der Waals surface area (Å²) in [6, 6.07) is 5.00. The van der Waals surface area contributed by atoms with Crippen LogP contribution in [0.2, 0.25) is 0 Å². The molecule has 182 valence electrons. The van der Waals surface area contributed by atoms with E-state index < -0.39 is 53.0 Å². The number of allylic oxidation sites excluding steroid dienone is 2. The molecule has 1 saturated carbocycles. The molecule has 0 aliphatic heterocycles. The van der Waals surface area contributed by atoms with Crippen LogP contribution < -0.4 is 4.74 Å². The van der Waals surface area contributed by atoms with Gasteiger partial charge in [0, 0.05) is 5.57 Å². The fourth-order valence-corrected chi connectivity index (χ4v) is 4.13. The van der Waals surface area contributed by atoms with Gasteiger partial charge >= 0.3 is 0 Å². The molecule has 0 aromatic heterocycles. The highest BCUT2D eigenvalue weighted by atomic mass is 19.2. The molecular formula is C26H24F6O2. The molecule has 2 aromatic rings. The highest BCUT2D eigenvalue weighted by Gasteiger charge is 2.29. The Kier molecular flexibility index (Phi) is 7.79. The number of phenols is 1. The van der Waals surface area contributed by atoms with Gasteiger partial charge in [0.25, 0.3) is 0 Å². The third-order valence-corrected chi connectivity index (χ3v) is 6.06. The lowest BCUT2D eigenvalue weighted by molar-refractivity contribution is 0.316. The van der Waals surface area contributed by atoms with E-state index in [0.717, 1.165) is 6.07 Å². The van der Waals surface area contributed by atoms with Crippen LogP contribution in [0, 0.1) is 23.3 Å². The molecule has 34 heavy (non-hydrogen) atoms. The van der Waals surface area contributed by atoms with Gasteiger partial charge in [-0.2, -0.15) is 8.78 Å². The predicted octanol–water partition coefficient (Wildman–Crippen LogP) is 8.05. The number of halogens is 6. The third-order valence-electron chi connectivity index (χ3n) is 6.06. The third kappa shape index (κ3) is 5.16. The van der Waals surface area contributed by atoms with E-state index in [1.807, 2.05) is 0 Å². The molecule has 1 N–H and O–H groups in total. The molecule has 0 unspecified atom stereocenters. The van der Waals surface area contributed by atoms with Crippen molar-refractivity contribution in [3.8, 4) is 11.5 Å². The van der Waals surface area contributed by atoms with Crippen molar-refractivity contribution in [1.29, 1.82) is 0 Å². The quantitative estimate of drug-likeness (QED) is 0.320. The largest absolute Gasteiger partial charge is 0.505 e. The predicted molar refractivity (Wildman–Crippen MR) is 117 cm³/mol. The maximum Gasteiger partial charge on any atom is 0.200 e. The van der Waals surface area contributed by atoms with Crippen LogP contribution in [-0.4, -0.2) is 11.7 Å². The number of phenolic OH excluding ortho intramolecular Hbond substituents is 1. The maximum atomic E-state index is 14.8. The Hall–Kier alpha value is -3.16. The second kappa shape index (κ2) is 10.4. The first-order chi connectivity index (χ1) is 16.0. The molecule has 8 heteroatoms. The van der Waals surface area contributed by atoms with Crippen molar-refractivity contribution in [2.24, 2.45) is 0 Å². The van der Waals surface area contributed by atoms with E-state index in [2.05, 4.69) is 13.2 Å². The van der Waals surface area contributed by atoms with Gasteiger partial charge in [-0.25, -0.2) is 17.6 Å². The minimum Gasteiger partial charge on any atom is -0.505 e. The molecule has 0 radical (unpaired) electrons. The molecule has 0 spiro atoms. The van der Waals surface area contributed by atoms with Crippen LogP contribution in [0.15, 0.2) is 60.2 Å². The fraction of sp³-hybridized carbons (Fsp3) is 0.308. The number of ether oxygens (including phenoxy) is 1. The van der Waals surface area contributed by atoms with Gasteiger partial charge in [0.15, 0.2) is 34.8 Å². The summed E-state index contributed by atoms with van der Waals surface area (Å²) >= 11 is 0. The number of hydrogen-bond acceptors (Lipinski definition) is 2. The van der Waals surface area contributed by atoms with E-state index in [9.17, 15) is 31.4 Å². The van der Waals surface area contributed by atoms with Gasteiger partial charge in [0.05, 0.1) is 0 Å². The molecule has 0 amide bonds. The molecule has 0 atom stereocenters. The summed E-state index contributed by atoms with van der Waals surface area (Å²) in [7, 11) is 0. The van der Waals surface area contributed by atoms with Crippen molar-refractivity contribution in [3.05, 3.63) is 94.6 Å². The summed E-state index contributed by atoms with van der Waals surface area (Å²) in [6.45, 7) is 7.30. The van der Waals surface area contributed by atoms with Crippen LogP contribution in [0.25, 0.3) is 0 Å². The molecule has 2 aromatic carbocycles. The van der Waals surface area contributed by atoms with Crippen LogP contribution in [-0.2, 0) is 0 Å². The monoisotopic (exact) mass is 482 g/mol. The molecule has 1 aliphatic carbocycles. The summed E-state index contributed by atoms with van der Waals surface area (Å²) in [4.78, 5) is 0. The Morgan fingerprint density at radius 1 is 0.824 bits per heavy atom. The van der Waals surface area contributed by atoms with E-state index in [1.54, 1.807) is 0 Å². The molecule has 0 bridgehead atoms. The molecule has 2 nitrogen and oxygen atoms in total. The standard InChI is InChI=1S/C26H24F6O2/c1-13(2)21(27)22(28)14(3)12-34-20-11-9-18(24(30)26(20)32)16-6-4-15(5-7-16)17-8-10-19(33)25(31)23(17)29/h8-11,15-16,33H,1,3-7,12H2,2H3/b22-21-. The Bertz CT molecular complexity index is 1150. The lowest BCUT2D eigenvalue weighted by Gasteiger charge is -2.29. The van der Waals surface area contributed by atoms with E-state index in [4.69, 9.17) is 4.74 Å². The van der Waals surface area contributed by atoms with Crippen LogP contribution in [0.5, 0.6) is 11.5 Å². The van der Waals surface area contributed by atoms with E-state index in [1.165, 1.54) is 25.1 Å². The van der Waals surface area contributed by atoms with Crippen molar-refractivity contribution in [1.82, 2.24) is 0 Å². The summed E-state index contributed by atoms with van der Waals surface area (Å²) < 4.78 is 89.8. The highest BCUT2D eigenvalue weighted by Crippen LogP contribution is 2.43. The first-order valence-corrected chi connectivity index (χ1v) is 10.7. The van der Waals surface area contributed by atoms with Crippen LogP contribution in [0.3, 0.4) is 0 Å². The van der Waals surface area contributed by atoms with E-state index in [0.29, 0.717) is 25.7 Å². The fourth-order valence-electron chi connectivity index (χ4n) is 4.13. The first-order valence-electron chi connectivity index (χ1n) is 10.7. The van der Waals surface area contributed by atoms with Gasteiger partial charge in [-0.15, -0.1) is 0 Å². The topological polar surface area (TPSA) is 29.5 Å². The molecule has 0 saturated heterocycles. The number of benzene rings is 2. The van der Waals surface area contributed by atoms with Crippen molar-refractivity contribution in [3.63, 3.8) is 0 Å². The minimum atomic E-state index is -1.30. The van der Waals surface area contributed by atoms with Gasteiger partial charge in [-0.1, -0.05) is 25.3 Å². The molecule has 1 aliphatic rings. The number of hydrogen-bond donors (Lipinski definition) is 1. The average molecular weight is 482 g/mol. The number of aromatic hydroxyl groups is 1. The summed E-state index contributed by atoms with van der Waals surface area (Å²) in [5.41, 5.74) is -0.263. The Balaban J connectivity index is 1.68. The zero-order valence-corrected chi connectivity index (χ0v) is 18.5. The molecule has 1 fully saturated rings. The Labute approximate surface area is 193 Å². The summed E-state index contributed by atoms with van der Waals surface area (Å²) in [5, 5.41) is 9.29. The minimum absolute atomic E-state index is 0.124. The summed E-state index contributed by atoms with van der Waals surface area (Å²) in [6.07, 6.45) is 1.67. The van der Waals surface area contributed by atoms with Crippen molar-refractivity contribution in [2.75, 3.05) is 6.61 Å². The van der Waals surface area contributed by atoms with Gasteiger partial charge < -0.3 is 9.84 Å². The van der Waals surface area contributed by atoms with Crippen LogP contribution in [0.1, 0.15) is 55.6 Å². The highest BCUT2D eigenvalue weighted by molar-refractivity contribution is 5.37. The van der Waals surface area contributed by atoms with Crippen molar-refractivity contribution >= 4 is 0 Å². The average Bonchev–Trinajstić information content (AvgIpc) is 2.82. The van der Waals surface area contributed by atoms with E-state index >= 15 is 0 Å². The maximum absolute atomic E-state index is 14.8. The van der Waals surface area contributed by atoms with Crippen LogP contribution >= 0.6 is 0 Å². The first kappa shape index (κ1) is 25.5. The second-order valence-electron chi connectivity index (χ2n) is 8.43. The smallest absolute Gasteiger partial charge is 0.200 e. The molecule has 3 rings (SSSR count). The van der Waals surface area contributed by atoms with Gasteiger partial charge in [-0.05, 0) is 73.3 Å². The van der Waals surface area contributed by atoms with Gasteiger partial charge in [-0.3, -0.25) is 0 Å². The Morgan fingerprint density at radius 2 is 1.32 bits per heavy atom. The van der Waals surface area contributed by atoms with Crippen molar-refractivity contribution < 1.29 is 36.2 Å². The second-order valence-corrected chi connectivity index (χ2v) is 8.43. The van der Waals surface area contributed by atoms with Crippen molar-refractivity contribution in [2.45, 2.75) is 44.4 Å². The van der Waals surface area contributed by atoms with E-state index in [-0.39, 0.29) is 34.1 Å². The summed E-state index contributed by atoms with van der Waals surface area (Å²) in [5.74, 6) is -9.13. The van der Waals surface area contributed by atoms with Crippen LogP contribution in [0.4, 0.5) is 26.3 Å². The molecule has 0 heterocycles. The van der Waals surface area contributed by atoms with Gasteiger partial charge in [0.2, 0.25) is 11.6 Å². The lowest BCUT2D eigenvalue weighted by atomic mass is 9.76. The Morgan fingerprint density at radius 3 is 1.85 bits per heavy atom. The normalized spacial score (nSPS) is 18.9. The SMILES string of the molecule is C=C(C)/C(F)=C(/F)C(=C)COc1ccc(C2CCC(c3ccc(O)c(F)c3F)CC2)c(F)c1F. The van der Waals surface area contributed by atoms with Gasteiger partial charge in [0.1, 0.15) is 6.61 Å². The zero-order chi connectivity index (χ0) is 25.2. The lowest BCUT2D eigenvalue weighted by Crippen LogP contribution is -2.15. The molecular weight excluding hydrogens is 458 g/mol. The number of rotatable bonds is 7.